The molecule has 1 fully saturated rings. The Morgan fingerprint density at radius 1 is 1.29 bits per heavy atom. The van der Waals surface area contributed by atoms with Gasteiger partial charge in [0.15, 0.2) is 0 Å². The van der Waals surface area contributed by atoms with Crippen molar-refractivity contribution in [3.8, 4) is 5.75 Å². The standard InChI is InChI=1S/C16H24N2O3/c1-16(2)12-18(9-8-17(16)3)10-11-21-14-6-4-13(5-7-14)15(19)20/h4-7H,8-12H2,1-3H3,(H,19,20). The molecule has 0 atom stereocenters. The minimum atomic E-state index is -0.916. The van der Waals surface area contributed by atoms with Crippen LogP contribution in [0.5, 0.6) is 5.75 Å². The normalized spacial score (nSPS) is 19.4. The minimum absolute atomic E-state index is 0.196. The van der Waals surface area contributed by atoms with Gasteiger partial charge in [-0.05, 0) is 45.2 Å². The summed E-state index contributed by atoms with van der Waals surface area (Å²) in [6.07, 6.45) is 0. The fourth-order valence-corrected chi connectivity index (χ4v) is 2.52. The predicted octanol–water partition coefficient (Wildman–Crippen LogP) is 1.79. The Balaban J connectivity index is 1.78. The third-order valence-corrected chi connectivity index (χ3v) is 4.17. The number of carboxylic acids is 1. The van der Waals surface area contributed by atoms with Crippen LogP contribution in [0.15, 0.2) is 24.3 Å². The van der Waals surface area contributed by atoms with Crippen molar-refractivity contribution in [1.29, 1.82) is 0 Å². The summed E-state index contributed by atoms with van der Waals surface area (Å²) in [5.74, 6) is -0.199. The zero-order valence-corrected chi connectivity index (χ0v) is 13.0. The molecule has 0 unspecified atom stereocenters. The number of carboxylic acid groups (broad SMARTS) is 1. The highest BCUT2D eigenvalue weighted by Gasteiger charge is 2.30. The number of carbonyl (C=O) groups is 1. The second kappa shape index (κ2) is 6.45. The molecule has 0 radical (unpaired) electrons. The monoisotopic (exact) mass is 292 g/mol. The summed E-state index contributed by atoms with van der Waals surface area (Å²) < 4.78 is 5.69. The largest absolute Gasteiger partial charge is 0.492 e. The first kappa shape index (κ1) is 15.8. The van der Waals surface area contributed by atoms with Gasteiger partial charge in [0.2, 0.25) is 0 Å². The summed E-state index contributed by atoms with van der Waals surface area (Å²) in [5, 5.41) is 8.84. The topological polar surface area (TPSA) is 53.0 Å². The second-order valence-corrected chi connectivity index (χ2v) is 6.19. The molecule has 0 bridgehead atoms. The zero-order valence-electron chi connectivity index (χ0n) is 13.0. The summed E-state index contributed by atoms with van der Waals surface area (Å²) in [5.41, 5.74) is 0.477. The van der Waals surface area contributed by atoms with Crippen LogP contribution in [0.1, 0.15) is 24.2 Å². The van der Waals surface area contributed by atoms with Crippen LogP contribution in [-0.4, -0.2) is 66.2 Å². The average Bonchev–Trinajstić information content (AvgIpc) is 2.43. The van der Waals surface area contributed by atoms with Crippen LogP contribution in [0.4, 0.5) is 0 Å². The van der Waals surface area contributed by atoms with Crippen LogP contribution in [-0.2, 0) is 0 Å². The molecule has 0 spiro atoms. The Kier molecular flexibility index (Phi) is 4.85. The Hall–Kier alpha value is -1.59. The van der Waals surface area contributed by atoms with Crippen molar-refractivity contribution in [3.63, 3.8) is 0 Å². The number of rotatable bonds is 5. The maximum absolute atomic E-state index is 10.8. The number of aromatic carboxylic acids is 1. The van der Waals surface area contributed by atoms with E-state index < -0.39 is 5.97 Å². The molecule has 1 aromatic carbocycles. The minimum Gasteiger partial charge on any atom is -0.492 e. The van der Waals surface area contributed by atoms with E-state index in [1.165, 1.54) is 0 Å². The van der Waals surface area contributed by atoms with Gasteiger partial charge in [0.25, 0.3) is 0 Å². The van der Waals surface area contributed by atoms with Gasteiger partial charge in [0.05, 0.1) is 5.56 Å². The molecule has 1 aliphatic heterocycles. The van der Waals surface area contributed by atoms with Crippen LogP contribution < -0.4 is 4.74 Å². The Morgan fingerprint density at radius 3 is 2.52 bits per heavy atom. The molecule has 21 heavy (non-hydrogen) atoms. The lowest BCUT2D eigenvalue weighted by molar-refractivity contribution is 0.0338. The van der Waals surface area contributed by atoms with Crippen LogP contribution in [0.2, 0.25) is 0 Å². The van der Waals surface area contributed by atoms with Gasteiger partial charge in [-0.3, -0.25) is 9.80 Å². The number of likely N-dealkylation sites (N-methyl/N-ethyl adjacent to an activating group) is 1. The highest BCUT2D eigenvalue weighted by molar-refractivity contribution is 5.87. The van der Waals surface area contributed by atoms with E-state index in [4.69, 9.17) is 9.84 Å². The summed E-state index contributed by atoms with van der Waals surface area (Å²) in [6.45, 7) is 9.17. The zero-order chi connectivity index (χ0) is 15.5. The smallest absolute Gasteiger partial charge is 0.335 e. The molecule has 0 amide bonds. The summed E-state index contributed by atoms with van der Waals surface area (Å²) in [7, 11) is 2.16. The molecular weight excluding hydrogens is 268 g/mol. The van der Waals surface area contributed by atoms with E-state index in [0.29, 0.717) is 12.4 Å². The number of nitrogens with zero attached hydrogens (tertiary/aromatic N) is 2. The number of benzene rings is 1. The molecule has 1 heterocycles. The van der Waals surface area contributed by atoms with Crippen molar-refractivity contribution in [1.82, 2.24) is 9.80 Å². The molecule has 0 aromatic heterocycles. The third-order valence-electron chi connectivity index (χ3n) is 4.17. The van der Waals surface area contributed by atoms with E-state index in [9.17, 15) is 4.79 Å². The molecule has 0 saturated carbocycles. The Morgan fingerprint density at radius 2 is 1.95 bits per heavy atom. The second-order valence-electron chi connectivity index (χ2n) is 6.19. The lowest BCUT2D eigenvalue weighted by atomic mass is 10.00. The van der Waals surface area contributed by atoms with Crippen molar-refractivity contribution in [2.24, 2.45) is 0 Å². The summed E-state index contributed by atoms with van der Waals surface area (Å²) >= 11 is 0. The fraction of sp³-hybridized carbons (Fsp3) is 0.562. The van der Waals surface area contributed by atoms with Gasteiger partial charge in [-0.15, -0.1) is 0 Å². The molecular formula is C16H24N2O3. The Bertz CT molecular complexity index is 485. The van der Waals surface area contributed by atoms with Gasteiger partial charge in [-0.1, -0.05) is 0 Å². The molecule has 5 nitrogen and oxygen atoms in total. The van der Waals surface area contributed by atoms with Crippen molar-refractivity contribution >= 4 is 5.97 Å². The molecule has 116 valence electrons. The number of hydrogen-bond donors (Lipinski definition) is 1. The first-order valence-corrected chi connectivity index (χ1v) is 7.28. The highest BCUT2D eigenvalue weighted by atomic mass is 16.5. The van der Waals surface area contributed by atoms with Gasteiger partial charge < -0.3 is 9.84 Å². The van der Waals surface area contributed by atoms with E-state index in [-0.39, 0.29) is 11.1 Å². The van der Waals surface area contributed by atoms with Crippen LogP contribution in [0.25, 0.3) is 0 Å². The number of ether oxygens (including phenoxy) is 1. The Labute approximate surface area is 126 Å². The van der Waals surface area contributed by atoms with E-state index >= 15 is 0 Å². The van der Waals surface area contributed by atoms with E-state index in [1.807, 2.05) is 0 Å². The van der Waals surface area contributed by atoms with Gasteiger partial charge in [0.1, 0.15) is 12.4 Å². The van der Waals surface area contributed by atoms with E-state index in [2.05, 4.69) is 30.7 Å². The van der Waals surface area contributed by atoms with Gasteiger partial charge in [0, 0.05) is 31.7 Å². The molecule has 2 rings (SSSR count). The van der Waals surface area contributed by atoms with Gasteiger partial charge in [-0.2, -0.15) is 0 Å². The molecule has 1 saturated heterocycles. The highest BCUT2D eigenvalue weighted by Crippen LogP contribution is 2.18. The van der Waals surface area contributed by atoms with Crippen molar-refractivity contribution in [2.75, 3.05) is 39.8 Å². The lowest BCUT2D eigenvalue weighted by Gasteiger charge is -2.45. The maximum Gasteiger partial charge on any atom is 0.335 e. The van der Waals surface area contributed by atoms with Gasteiger partial charge in [-0.25, -0.2) is 4.79 Å². The maximum atomic E-state index is 10.8. The molecule has 1 aromatic rings. The van der Waals surface area contributed by atoms with Crippen LogP contribution >= 0.6 is 0 Å². The molecule has 1 N–H and O–H groups in total. The lowest BCUT2D eigenvalue weighted by Crippen LogP contribution is -2.58. The fourth-order valence-electron chi connectivity index (χ4n) is 2.52. The average molecular weight is 292 g/mol. The van der Waals surface area contributed by atoms with E-state index in [0.717, 1.165) is 26.2 Å². The third kappa shape index (κ3) is 4.19. The molecule has 5 heteroatoms. The number of hydrogen-bond acceptors (Lipinski definition) is 4. The van der Waals surface area contributed by atoms with Crippen molar-refractivity contribution in [2.45, 2.75) is 19.4 Å². The quantitative estimate of drug-likeness (QED) is 0.896. The molecule has 1 aliphatic rings. The summed E-state index contributed by atoms with van der Waals surface area (Å²) in [4.78, 5) is 15.6. The van der Waals surface area contributed by atoms with Crippen LogP contribution in [0.3, 0.4) is 0 Å². The molecule has 0 aliphatic carbocycles. The van der Waals surface area contributed by atoms with E-state index in [1.54, 1.807) is 24.3 Å². The van der Waals surface area contributed by atoms with Crippen LogP contribution in [0, 0.1) is 0 Å². The van der Waals surface area contributed by atoms with Crippen molar-refractivity contribution < 1.29 is 14.6 Å². The predicted molar refractivity (Wildman–Crippen MR) is 82.0 cm³/mol. The summed E-state index contributed by atoms with van der Waals surface area (Å²) in [6, 6.07) is 6.54. The first-order valence-electron chi connectivity index (χ1n) is 7.28. The first-order chi connectivity index (χ1) is 9.88. The number of piperazine rings is 1. The van der Waals surface area contributed by atoms with Crippen molar-refractivity contribution in [3.05, 3.63) is 29.8 Å². The SMILES string of the molecule is CN1CCN(CCOc2ccc(C(=O)O)cc2)CC1(C)C. The van der Waals surface area contributed by atoms with Gasteiger partial charge >= 0.3 is 5.97 Å².